The van der Waals surface area contributed by atoms with Gasteiger partial charge in [0.2, 0.25) is 0 Å². The van der Waals surface area contributed by atoms with Crippen molar-refractivity contribution in [3.8, 4) is 11.6 Å². The van der Waals surface area contributed by atoms with Crippen molar-refractivity contribution >= 4 is 40.4 Å². The van der Waals surface area contributed by atoms with Crippen LogP contribution in [0.5, 0.6) is 11.6 Å². The number of imidazole rings is 1. The Bertz CT molecular complexity index is 1330. The molecule has 166 valence electrons. The van der Waals surface area contributed by atoms with Gasteiger partial charge < -0.3 is 14.6 Å². The lowest BCUT2D eigenvalue weighted by Crippen LogP contribution is -2.34. The summed E-state index contributed by atoms with van der Waals surface area (Å²) in [5, 5.41) is 5.11. The van der Waals surface area contributed by atoms with E-state index in [1.807, 2.05) is 4.57 Å². The first-order valence-corrected chi connectivity index (χ1v) is 10.8. The van der Waals surface area contributed by atoms with Crippen molar-refractivity contribution in [3.05, 3.63) is 71.8 Å². The van der Waals surface area contributed by atoms with Gasteiger partial charge in [-0.15, -0.1) is 0 Å². The minimum absolute atomic E-state index is 0.216. The molecule has 0 atom stereocenters. The maximum absolute atomic E-state index is 12.2. The number of nitrogens with one attached hydrogen (secondary N) is 2. The molecule has 0 bridgehead atoms. The highest BCUT2D eigenvalue weighted by Gasteiger charge is 2.23. The molecule has 1 saturated carbocycles. The molecule has 33 heavy (non-hydrogen) atoms. The number of ether oxygens (including phenoxy) is 1. The van der Waals surface area contributed by atoms with Crippen LogP contribution in [0.2, 0.25) is 5.02 Å². The zero-order valence-corrected chi connectivity index (χ0v) is 18.1. The van der Waals surface area contributed by atoms with Crippen molar-refractivity contribution in [3.63, 3.8) is 0 Å². The molecule has 5 rings (SSSR count). The van der Waals surface area contributed by atoms with Crippen LogP contribution < -0.4 is 15.4 Å². The smallest absolute Gasteiger partial charge is 0.326 e. The molecule has 2 N–H and O–H groups in total. The van der Waals surface area contributed by atoms with Crippen molar-refractivity contribution < 1.29 is 14.3 Å². The van der Waals surface area contributed by atoms with Gasteiger partial charge in [-0.3, -0.25) is 10.1 Å². The Labute approximate surface area is 193 Å². The van der Waals surface area contributed by atoms with Gasteiger partial charge in [0.15, 0.2) is 11.2 Å². The third kappa shape index (κ3) is 4.78. The molecule has 4 aromatic rings. The molecule has 10 heteroatoms. The molecule has 1 fully saturated rings. The van der Waals surface area contributed by atoms with Gasteiger partial charge in [-0.05, 0) is 55.2 Å². The van der Waals surface area contributed by atoms with Gasteiger partial charge in [0.25, 0.3) is 11.8 Å². The molecule has 0 unspecified atom stereocenters. The molecule has 1 aliphatic carbocycles. The number of amides is 3. The second kappa shape index (κ2) is 8.87. The lowest BCUT2D eigenvalue weighted by atomic mass is 10.2. The number of rotatable bonds is 6. The van der Waals surface area contributed by atoms with E-state index in [-0.39, 0.29) is 10.6 Å². The second-order valence-electron chi connectivity index (χ2n) is 7.71. The average Bonchev–Trinajstić information content (AvgIpc) is 3.53. The molecular formula is C23H19ClN6O3. The first-order valence-electron chi connectivity index (χ1n) is 10.4. The van der Waals surface area contributed by atoms with E-state index in [4.69, 9.17) is 16.3 Å². The van der Waals surface area contributed by atoms with E-state index in [1.165, 1.54) is 25.2 Å². The Morgan fingerprint density at radius 3 is 2.61 bits per heavy atom. The summed E-state index contributed by atoms with van der Waals surface area (Å²) in [6, 6.07) is 12.5. The fraction of sp³-hybridized carbons (Fsp3) is 0.174. The monoisotopic (exact) mass is 462 g/mol. The van der Waals surface area contributed by atoms with Crippen molar-refractivity contribution in [2.45, 2.75) is 19.4 Å². The third-order valence-corrected chi connectivity index (χ3v) is 5.52. The highest BCUT2D eigenvalue weighted by molar-refractivity contribution is 6.34. The molecule has 0 radical (unpaired) electrons. The van der Waals surface area contributed by atoms with Crippen molar-refractivity contribution in [1.29, 1.82) is 0 Å². The first-order chi connectivity index (χ1) is 16.1. The Morgan fingerprint density at radius 2 is 1.85 bits per heavy atom. The van der Waals surface area contributed by atoms with E-state index in [1.54, 1.807) is 48.8 Å². The number of fused-ring (bicyclic) bond motifs is 1. The Balaban J connectivity index is 1.23. The van der Waals surface area contributed by atoms with E-state index in [9.17, 15) is 9.59 Å². The number of nitrogens with zero attached hydrogens (tertiary/aromatic N) is 4. The van der Waals surface area contributed by atoms with Crippen molar-refractivity contribution in [2.75, 3.05) is 5.32 Å². The molecular weight excluding hydrogens is 444 g/mol. The SMILES string of the molecule is O=C(NC(=O)c1ccccc1Cl)Nc1ccc(Oc2ncnc3c2ncn3CC2CC2)cc1. The Kier molecular flexibility index (Phi) is 5.62. The molecule has 0 spiro atoms. The summed E-state index contributed by atoms with van der Waals surface area (Å²) in [5.74, 6) is 0.981. The van der Waals surface area contributed by atoms with Crippen LogP contribution in [0, 0.1) is 5.92 Å². The van der Waals surface area contributed by atoms with Crippen LogP contribution in [0.3, 0.4) is 0 Å². The number of aromatic nitrogens is 4. The summed E-state index contributed by atoms with van der Waals surface area (Å²) in [4.78, 5) is 37.3. The van der Waals surface area contributed by atoms with Gasteiger partial charge in [-0.2, -0.15) is 4.98 Å². The molecule has 2 aromatic carbocycles. The summed E-state index contributed by atoms with van der Waals surface area (Å²) in [7, 11) is 0. The highest BCUT2D eigenvalue weighted by Crippen LogP contribution is 2.32. The summed E-state index contributed by atoms with van der Waals surface area (Å²) in [6.45, 7) is 0.897. The van der Waals surface area contributed by atoms with Crippen molar-refractivity contribution in [2.24, 2.45) is 5.92 Å². The lowest BCUT2D eigenvalue weighted by Gasteiger charge is -2.09. The zero-order chi connectivity index (χ0) is 22.8. The molecule has 0 saturated heterocycles. The summed E-state index contributed by atoms with van der Waals surface area (Å²) in [6.07, 6.45) is 5.69. The molecule has 1 aliphatic rings. The second-order valence-corrected chi connectivity index (χ2v) is 8.11. The number of benzene rings is 2. The fourth-order valence-electron chi connectivity index (χ4n) is 3.34. The predicted octanol–water partition coefficient (Wildman–Crippen LogP) is 4.64. The average molecular weight is 463 g/mol. The molecule has 9 nitrogen and oxygen atoms in total. The topological polar surface area (TPSA) is 111 Å². The highest BCUT2D eigenvalue weighted by atomic mass is 35.5. The molecule has 2 heterocycles. The number of halogens is 1. The van der Waals surface area contributed by atoms with Gasteiger partial charge >= 0.3 is 6.03 Å². The predicted molar refractivity (Wildman–Crippen MR) is 122 cm³/mol. The molecule has 3 amide bonds. The summed E-state index contributed by atoms with van der Waals surface area (Å²) >= 11 is 5.99. The fourth-order valence-corrected chi connectivity index (χ4v) is 3.56. The number of carbonyl (C=O) groups is 2. The van der Waals surface area contributed by atoms with E-state index in [0.29, 0.717) is 28.8 Å². The maximum Gasteiger partial charge on any atom is 0.326 e. The van der Waals surface area contributed by atoms with Gasteiger partial charge in [0.05, 0.1) is 16.9 Å². The van der Waals surface area contributed by atoms with E-state index >= 15 is 0 Å². The number of carbonyl (C=O) groups excluding carboxylic acids is 2. The lowest BCUT2D eigenvalue weighted by molar-refractivity contribution is 0.0967. The van der Waals surface area contributed by atoms with E-state index in [0.717, 1.165) is 12.2 Å². The summed E-state index contributed by atoms with van der Waals surface area (Å²) < 4.78 is 7.92. The van der Waals surface area contributed by atoms with Crippen LogP contribution in [0.1, 0.15) is 23.2 Å². The first kappa shape index (κ1) is 20.9. The number of hydrogen-bond acceptors (Lipinski definition) is 6. The van der Waals surface area contributed by atoms with Gasteiger partial charge in [0.1, 0.15) is 12.1 Å². The van der Waals surface area contributed by atoms with Crippen LogP contribution in [-0.2, 0) is 6.54 Å². The molecule has 0 aliphatic heterocycles. The van der Waals surface area contributed by atoms with Gasteiger partial charge in [-0.25, -0.2) is 14.8 Å². The van der Waals surface area contributed by atoms with E-state index in [2.05, 4.69) is 25.6 Å². The largest absolute Gasteiger partial charge is 0.437 e. The minimum atomic E-state index is -0.674. The van der Waals surface area contributed by atoms with Crippen LogP contribution in [0.15, 0.2) is 61.2 Å². The third-order valence-electron chi connectivity index (χ3n) is 5.19. The van der Waals surface area contributed by atoms with Gasteiger partial charge in [0, 0.05) is 12.2 Å². The van der Waals surface area contributed by atoms with Crippen LogP contribution >= 0.6 is 11.6 Å². The van der Waals surface area contributed by atoms with Crippen LogP contribution in [0.4, 0.5) is 10.5 Å². The number of urea groups is 1. The Morgan fingerprint density at radius 1 is 1.06 bits per heavy atom. The number of imide groups is 1. The standard InChI is InChI=1S/C23H19ClN6O3/c24-18-4-2-1-3-17(18)21(31)29-23(32)28-15-7-9-16(10-8-15)33-22-19-20(25-12-26-22)30(13-27-19)11-14-5-6-14/h1-4,7-10,12-14H,5-6,11H2,(H2,28,29,31,32). The number of anilines is 1. The van der Waals surface area contributed by atoms with Crippen molar-refractivity contribution in [1.82, 2.24) is 24.8 Å². The summed E-state index contributed by atoms with van der Waals surface area (Å²) in [5.41, 5.74) is 2.03. The Hall–Kier alpha value is -3.98. The normalized spacial score (nSPS) is 13.0. The maximum atomic E-state index is 12.2. The minimum Gasteiger partial charge on any atom is -0.437 e. The quantitative estimate of drug-likeness (QED) is 0.431. The van der Waals surface area contributed by atoms with Gasteiger partial charge in [-0.1, -0.05) is 23.7 Å². The van der Waals surface area contributed by atoms with Crippen LogP contribution in [-0.4, -0.2) is 31.5 Å². The molecule has 2 aromatic heterocycles. The zero-order valence-electron chi connectivity index (χ0n) is 17.4. The van der Waals surface area contributed by atoms with Crippen LogP contribution in [0.25, 0.3) is 11.2 Å². The number of hydrogen-bond donors (Lipinski definition) is 2. The van der Waals surface area contributed by atoms with E-state index < -0.39 is 11.9 Å².